The monoisotopic (exact) mass is 556 g/mol. The Bertz CT molecular complexity index is 1850. The Morgan fingerprint density at radius 1 is 1.12 bits per heavy atom. The second kappa shape index (κ2) is 10.9. The van der Waals surface area contributed by atoms with Gasteiger partial charge in [-0.1, -0.05) is 41.7 Å². The predicted molar refractivity (Wildman–Crippen MR) is 155 cm³/mol. The Morgan fingerprint density at radius 2 is 1.82 bits per heavy atom. The highest BCUT2D eigenvalue weighted by molar-refractivity contribution is 7.07. The number of rotatable bonds is 7. The van der Waals surface area contributed by atoms with Crippen molar-refractivity contribution >= 4 is 39.8 Å². The second-order valence-corrected chi connectivity index (χ2v) is 10.3. The van der Waals surface area contributed by atoms with Crippen LogP contribution in [0.2, 0.25) is 0 Å². The van der Waals surface area contributed by atoms with Crippen LogP contribution in [0, 0.1) is 10.1 Å². The molecule has 4 aromatic rings. The number of amides is 1. The van der Waals surface area contributed by atoms with Gasteiger partial charge < -0.3 is 9.64 Å². The summed E-state index contributed by atoms with van der Waals surface area (Å²) in [5.41, 5.74) is 1.99. The molecule has 204 valence electrons. The molecule has 0 spiro atoms. The van der Waals surface area contributed by atoms with Crippen molar-refractivity contribution in [3.8, 4) is 5.75 Å². The third kappa shape index (κ3) is 4.60. The number of non-ortho nitro benzene ring substituents is 1. The summed E-state index contributed by atoms with van der Waals surface area (Å²) in [6.07, 6.45) is 1.69. The fourth-order valence-electron chi connectivity index (χ4n) is 5.13. The number of likely N-dealkylation sites (N-methyl/N-ethyl adjacent to an activating group) is 1. The quantitative estimate of drug-likeness (QED) is 0.251. The molecule has 3 aromatic carbocycles. The van der Waals surface area contributed by atoms with Crippen LogP contribution < -0.4 is 19.6 Å². The zero-order chi connectivity index (χ0) is 28.6. The van der Waals surface area contributed by atoms with Crippen LogP contribution in [0.25, 0.3) is 16.8 Å². The van der Waals surface area contributed by atoms with Crippen molar-refractivity contribution < 1.29 is 14.5 Å². The van der Waals surface area contributed by atoms with Crippen LogP contribution in [0.1, 0.15) is 37.9 Å². The molecule has 0 unspecified atom stereocenters. The third-order valence-corrected chi connectivity index (χ3v) is 8.11. The van der Waals surface area contributed by atoms with Gasteiger partial charge in [0.05, 0.1) is 27.8 Å². The van der Waals surface area contributed by atoms with E-state index in [1.165, 1.54) is 23.5 Å². The molecule has 5 rings (SSSR count). The van der Waals surface area contributed by atoms with Crippen molar-refractivity contribution in [1.29, 1.82) is 0 Å². The van der Waals surface area contributed by atoms with Gasteiger partial charge >= 0.3 is 0 Å². The van der Waals surface area contributed by atoms with Crippen LogP contribution in [0.4, 0.5) is 5.69 Å². The largest absolute Gasteiger partial charge is 0.496 e. The molecule has 0 aliphatic carbocycles. The average Bonchev–Trinajstić information content (AvgIpc) is 3.26. The molecule has 0 saturated carbocycles. The summed E-state index contributed by atoms with van der Waals surface area (Å²) in [6.45, 7) is 6.66. The fourth-order valence-corrected chi connectivity index (χ4v) is 6.18. The van der Waals surface area contributed by atoms with E-state index in [9.17, 15) is 19.7 Å². The molecule has 0 fully saturated rings. The van der Waals surface area contributed by atoms with E-state index in [0.29, 0.717) is 50.6 Å². The molecule has 1 aliphatic heterocycles. The van der Waals surface area contributed by atoms with Crippen LogP contribution in [0.3, 0.4) is 0 Å². The highest BCUT2D eigenvalue weighted by atomic mass is 32.1. The highest BCUT2D eigenvalue weighted by Gasteiger charge is 2.36. The number of ether oxygens (including phenoxy) is 1. The Hall–Kier alpha value is -4.57. The second-order valence-electron chi connectivity index (χ2n) is 9.31. The maximum Gasteiger partial charge on any atom is 0.271 e. The van der Waals surface area contributed by atoms with E-state index < -0.39 is 11.0 Å². The van der Waals surface area contributed by atoms with Gasteiger partial charge in [-0.25, -0.2) is 4.99 Å². The molecule has 0 saturated heterocycles. The molecule has 0 radical (unpaired) electrons. The summed E-state index contributed by atoms with van der Waals surface area (Å²) in [5.74, 6) is 0.379. The number of aromatic nitrogens is 1. The summed E-state index contributed by atoms with van der Waals surface area (Å²) >= 11 is 1.22. The minimum atomic E-state index is -0.774. The Kier molecular flexibility index (Phi) is 7.36. The minimum absolute atomic E-state index is 0.0307. The number of carbonyl (C=O) groups is 1. The number of fused-ring (bicyclic) bond motifs is 2. The first-order chi connectivity index (χ1) is 19.3. The molecule has 0 N–H and O–H groups in total. The first kappa shape index (κ1) is 27.0. The van der Waals surface area contributed by atoms with Gasteiger partial charge in [0, 0.05) is 30.8 Å². The number of nitrogens with zero attached hydrogens (tertiary/aromatic N) is 4. The number of allylic oxidation sites excluding steroid dienone is 1. The molecular formula is C30H28N4O5S. The SMILES string of the molecule is CCN(CC)C(=O)C1=C(C)N=c2s/c(=C/c3ccc([N+](=O)[O-])cc3)c(=O)n2[C@H]1c1c(OC)ccc2ccccc12. The number of benzene rings is 3. The highest BCUT2D eigenvalue weighted by Crippen LogP contribution is 2.40. The molecule has 10 heteroatoms. The molecule has 2 heterocycles. The zero-order valence-electron chi connectivity index (χ0n) is 22.6. The van der Waals surface area contributed by atoms with Gasteiger partial charge in [0.2, 0.25) is 0 Å². The van der Waals surface area contributed by atoms with Crippen molar-refractivity contribution in [2.24, 2.45) is 4.99 Å². The topological polar surface area (TPSA) is 107 Å². The lowest BCUT2D eigenvalue weighted by atomic mass is 9.90. The lowest BCUT2D eigenvalue weighted by Gasteiger charge is -2.30. The van der Waals surface area contributed by atoms with Crippen molar-refractivity contribution in [2.75, 3.05) is 20.2 Å². The maximum absolute atomic E-state index is 14.1. The van der Waals surface area contributed by atoms with Crippen LogP contribution in [-0.2, 0) is 4.79 Å². The molecule has 1 atom stereocenters. The smallest absolute Gasteiger partial charge is 0.271 e. The standard InChI is InChI=1S/C30H28N4O5S/c1-5-32(6-2)29(36)25-18(3)31-30-33(27(25)26-22-10-8-7-9-20(22)13-16-23(26)39-4)28(35)24(40-30)17-19-11-14-21(15-12-19)34(37)38/h7-17,27H,5-6H2,1-4H3/b24-17+/t27-/m1/s1. The normalized spacial score (nSPS) is 15.1. The van der Waals surface area contributed by atoms with Crippen LogP contribution in [0.5, 0.6) is 5.75 Å². The number of carbonyl (C=O) groups excluding carboxylic acids is 1. The predicted octanol–water partition coefficient (Wildman–Crippen LogP) is 4.17. The number of methoxy groups -OCH3 is 1. The summed E-state index contributed by atoms with van der Waals surface area (Å²) in [6, 6.07) is 16.9. The van der Waals surface area contributed by atoms with Crippen molar-refractivity contribution in [3.05, 3.63) is 113 Å². The van der Waals surface area contributed by atoms with E-state index in [1.54, 1.807) is 41.7 Å². The van der Waals surface area contributed by atoms with Gasteiger partial charge in [0.25, 0.3) is 17.2 Å². The van der Waals surface area contributed by atoms with Crippen molar-refractivity contribution in [1.82, 2.24) is 9.47 Å². The van der Waals surface area contributed by atoms with E-state index in [0.717, 1.165) is 10.8 Å². The van der Waals surface area contributed by atoms with Gasteiger partial charge in [0.15, 0.2) is 4.80 Å². The van der Waals surface area contributed by atoms with E-state index in [1.807, 2.05) is 50.2 Å². The van der Waals surface area contributed by atoms with E-state index in [-0.39, 0.29) is 17.2 Å². The molecule has 40 heavy (non-hydrogen) atoms. The number of nitro groups is 1. The first-order valence-electron chi connectivity index (χ1n) is 12.9. The van der Waals surface area contributed by atoms with E-state index in [2.05, 4.69) is 0 Å². The summed E-state index contributed by atoms with van der Waals surface area (Å²) in [7, 11) is 1.58. The maximum atomic E-state index is 14.1. The van der Waals surface area contributed by atoms with Crippen LogP contribution in [-0.4, -0.2) is 40.5 Å². The minimum Gasteiger partial charge on any atom is -0.496 e. The zero-order valence-corrected chi connectivity index (χ0v) is 23.4. The van der Waals surface area contributed by atoms with Gasteiger partial charge in [-0.2, -0.15) is 0 Å². The van der Waals surface area contributed by atoms with Crippen LogP contribution in [0.15, 0.2) is 81.7 Å². The molecule has 1 aliphatic rings. The number of nitro benzene ring substituents is 1. The summed E-state index contributed by atoms with van der Waals surface area (Å²) in [4.78, 5) is 45.6. The number of hydrogen-bond acceptors (Lipinski definition) is 7. The Balaban J connectivity index is 1.81. The molecule has 9 nitrogen and oxygen atoms in total. The lowest BCUT2D eigenvalue weighted by molar-refractivity contribution is -0.384. The molecule has 1 amide bonds. The van der Waals surface area contributed by atoms with Crippen LogP contribution >= 0.6 is 11.3 Å². The van der Waals surface area contributed by atoms with E-state index >= 15 is 0 Å². The summed E-state index contributed by atoms with van der Waals surface area (Å²) in [5, 5.41) is 12.9. The molecular weight excluding hydrogens is 528 g/mol. The fraction of sp³-hybridized carbons (Fsp3) is 0.233. The number of hydrogen-bond donors (Lipinski definition) is 0. The lowest BCUT2D eigenvalue weighted by Crippen LogP contribution is -2.43. The van der Waals surface area contributed by atoms with Gasteiger partial charge in [-0.15, -0.1) is 0 Å². The van der Waals surface area contributed by atoms with E-state index in [4.69, 9.17) is 9.73 Å². The third-order valence-electron chi connectivity index (χ3n) is 7.13. The average molecular weight is 557 g/mol. The van der Waals surface area contributed by atoms with Gasteiger partial charge in [-0.3, -0.25) is 24.3 Å². The molecule has 1 aromatic heterocycles. The molecule has 0 bridgehead atoms. The summed E-state index contributed by atoms with van der Waals surface area (Å²) < 4.78 is 7.80. The van der Waals surface area contributed by atoms with Crippen molar-refractivity contribution in [2.45, 2.75) is 26.8 Å². The Morgan fingerprint density at radius 3 is 2.48 bits per heavy atom. The van der Waals surface area contributed by atoms with Gasteiger partial charge in [-0.05, 0) is 61.4 Å². The Labute approximate surface area is 234 Å². The van der Waals surface area contributed by atoms with Gasteiger partial charge in [0.1, 0.15) is 11.8 Å². The first-order valence-corrected chi connectivity index (χ1v) is 13.7. The van der Waals surface area contributed by atoms with Crippen molar-refractivity contribution in [3.63, 3.8) is 0 Å². The number of thiazole rings is 1.